The maximum absolute atomic E-state index is 14.6. The number of alkyl carbamates (subject to hydrolysis) is 1. The highest BCUT2D eigenvalue weighted by molar-refractivity contribution is 6.04. The van der Waals surface area contributed by atoms with Crippen molar-refractivity contribution < 1.29 is 24.2 Å². The lowest BCUT2D eigenvalue weighted by atomic mass is 9.76. The SMILES string of the molecule is C=CCOC(=O)NCCC(NC(=O)C(NC)C(C)CC)C(=O)c1ccccc1C(O)(c1ccccc1)c1ccc(C2CCCCCCC2)cc1. The van der Waals surface area contributed by atoms with Crippen LogP contribution in [0.3, 0.4) is 0 Å². The van der Waals surface area contributed by atoms with E-state index in [2.05, 4.69) is 34.7 Å². The summed E-state index contributed by atoms with van der Waals surface area (Å²) in [7, 11) is 1.72. The molecule has 4 rings (SSSR count). The summed E-state index contributed by atoms with van der Waals surface area (Å²) in [4.78, 5) is 40.4. The van der Waals surface area contributed by atoms with Crippen molar-refractivity contribution in [1.82, 2.24) is 16.0 Å². The monoisotopic (exact) mass is 681 g/mol. The van der Waals surface area contributed by atoms with E-state index in [1.165, 1.54) is 56.6 Å². The molecule has 0 spiro atoms. The molecule has 0 aromatic heterocycles. The highest BCUT2D eigenvalue weighted by atomic mass is 16.5. The fraction of sp³-hybridized carbons (Fsp3) is 0.452. The van der Waals surface area contributed by atoms with Crippen LogP contribution < -0.4 is 16.0 Å². The number of rotatable bonds is 16. The third-order valence-electron chi connectivity index (χ3n) is 10.2. The van der Waals surface area contributed by atoms with Crippen molar-refractivity contribution in [1.29, 1.82) is 0 Å². The molecule has 4 N–H and O–H groups in total. The first kappa shape index (κ1) is 38.5. The molecule has 0 saturated heterocycles. The largest absolute Gasteiger partial charge is 0.445 e. The standard InChI is InChI=1S/C42H55N3O5/c1-5-29-50-41(48)44-28-27-37(45-40(47)38(43-4)30(3)6-2)39(46)35-21-15-16-22-36(35)42(49,33-19-13-10-14-20-33)34-25-23-32(24-26-34)31-17-11-8-7-9-12-18-31/h5,10,13-16,19-26,30-31,37-38,43,49H,1,6-9,11-12,17-18,27-29H2,2-4H3,(H,44,48)(H,45,47). The summed E-state index contributed by atoms with van der Waals surface area (Å²) in [6.45, 7) is 7.67. The number of likely N-dealkylation sites (N-methyl/N-ethyl adjacent to an activating group) is 1. The van der Waals surface area contributed by atoms with Crippen LogP contribution in [0.25, 0.3) is 0 Å². The summed E-state index contributed by atoms with van der Waals surface area (Å²) in [5, 5.41) is 21.7. The van der Waals surface area contributed by atoms with Crippen molar-refractivity contribution in [3.63, 3.8) is 0 Å². The van der Waals surface area contributed by atoms with E-state index in [1.54, 1.807) is 25.2 Å². The van der Waals surface area contributed by atoms with Gasteiger partial charge in [0.1, 0.15) is 12.2 Å². The Morgan fingerprint density at radius 1 is 0.920 bits per heavy atom. The van der Waals surface area contributed by atoms with Crippen LogP contribution in [-0.2, 0) is 15.1 Å². The number of nitrogens with one attached hydrogen (secondary N) is 3. The Morgan fingerprint density at radius 3 is 2.18 bits per heavy atom. The predicted molar refractivity (Wildman–Crippen MR) is 199 cm³/mol. The molecular formula is C42H55N3O5. The number of carbonyl (C=O) groups excluding carboxylic acids is 3. The van der Waals surface area contributed by atoms with Gasteiger partial charge in [-0.15, -0.1) is 0 Å². The summed E-state index contributed by atoms with van der Waals surface area (Å²) in [6.07, 6.45) is 10.3. The Balaban J connectivity index is 1.73. The second-order valence-electron chi connectivity index (χ2n) is 13.5. The number of carbonyl (C=O) groups is 3. The fourth-order valence-electron chi connectivity index (χ4n) is 7.09. The Labute approximate surface area is 298 Å². The first-order valence-corrected chi connectivity index (χ1v) is 18.3. The number of benzene rings is 3. The van der Waals surface area contributed by atoms with Crippen molar-refractivity contribution in [3.8, 4) is 0 Å². The predicted octanol–water partition coefficient (Wildman–Crippen LogP) is 7.40. The van der Waals surface area contributed by atoms with Crippen LogP contribution in [0.15, 0.2) is 91.5 Å². The maximum atomic E-state index is 14.6. The minimum absolute atomic E-state index is 0.0172. The van der Waals surface area contributed by atoms with E-state index in [9.17, 15) is 19.5 Å². The van der Waals surface area contributed by atoms with Crippen LogP contribution in [-0.4, -0.2) is 55.2 Å². The molecule has 0 radical (unpaired) electrons. The highest BCUT2D eigenvalue weighted by Crippen LogP contribution is 2.40. The van der Waals surface area contributed by atoms with Crippen molar-refractivity contribution in [2.45, 2.75) is 95.2 Å². The van der Waals surface area contributed by atoms with Gasteiger partial charge < -0.3 is 25.8 Å². The van der Waals surface area contributed by atoms with Crippen LogP contribution >= 0.6 is 0 Å². The molecule has 0 heterocycles. The highest BCUT2D eigenvalue weighted by Gasteiger charge is 2.39. The number of hydrogen-bond donors (Lipinski definition) is 4. The normalized spacial score (nSPS) is 16.8. The quantitative estimate of drug-likeness (QED) is 0.0712. The Kier molecular flexibility index (Phi) is 14.8. The van der Waals surface area contributed by atoms with Crippen molar-refractivity contribution in [2.24, 2.45) is 5.92 Å². The first-order chi connectivity index (χ1) is 24.2. The molecule has 3 aromatic carbocycles. The Hall–Kier alpha value is -4.27. The average Bonchev–Trinajstić information content (AvgIpc) is 3.13. The number of Topliss-reactive ketones (excluding diaryl/α,β-unsaturated/α-hetero) is 1. The van der Waals surface area contributed by atoms with E-state index in [1.807, 2.05) is 62.4 Å². The number of amides is 2. The second-order valence-corrected chi connectivity index (χ2v) is 13.5. The third kappa shape index (κ3) is 9.70. The topological polar surface area (TPSA) is 117 Å². The Morgan fingerprint density at radius 2 is 1.54 bits per heavy atom. The van der Waals surface area contributed by atoms with Crippen molar-refractivity contribution in [3.05, 3.63) is 119 Å². The summed E-state index contributed by atoms with van der Waals surface area (Å²) in [5.74, 6) is -0.166. The van der Waals surface area contributed by atoms with Crippen LogP contribution in [0.4, 0.5) is 4.79 Å². The van der Waals surface area contributed by atoms with Crippen LogP contribution in [0, 0.1) is 5.92 Å². The molecular weight excluding hydrogens is 626 g/mol. The van der Waals surface area contributed by atoms with E-state index in [4.69, 9.17) is 4.74 Å². The van der Waals surface area contributed by atoms with Crippen molar-refractivity contribution >= 4 is 17.8 Å². The summed E-state index contributed by atoms with van der Waals surface area (Å²) in [6, 6.07) is 23.2. The molecule has 2 amide bonds. The third-order valence-corrected chi connectivity index (χ3v) is 10.2. The molecule has 268 valence electrons. The smallest absolute Gasteiger partial charge is 0.407 e. The van der Waals surface area contributed by atoms with Crippen LogP contribution in [0.5, 0.6) is 0 Å². The molecule has 1 aliphatic rings. The summed E-state index contributed by atoms with van der Waals surface area (Å²) in [5.41, 5.74) is 1.58. The lowest BCUT2D eigenvalue weighted by Gasteiger charge is -2.33. The molecule has 4 unspecified atom stereocenters. The number of ether oxygens (including phenoxy) is 1. The molecule has 3 aromatic rings. The average molecular weight is 682 g/mol. The zero-order chi connectivity index (χ0) is 35.9. The van der Waals surface area contributed by atoms with Gasteiger partial charge in [-0.2, -0.15) is 0 Å². The molecule has 1 saturated carbocycles. The summed E-state index contributed by atoms with van der Waals surface area (Å²) < 4.78 is 5.04. The van der Waals surface area contributed by atoms with E-state index >= 15 is 0 Å². The van der Waals surface area contributed by atoms with Gasteiger partial charge in [-0.05, 0) is 54.8 Å². The van der Waals surface area contributed by atoms with Gasteiger partial charge in [-0.3, -0.25) is 9.59 Å². The molecule has 8 heteroatoms. The van der Waals surface area contributed by atoms with E-state index < -0.39 is 23.8 Å². The van der Waals surface area contributed by atoms with Gasteiger partial charge in [0.2, 0.25) is 5.91 Å². The minimum Gasteiger partial charge on any atom is -0.445 e. The maximum Gasteiger partial charge on any atom is 0.407 e. The molecule has 0 bridgehead atoms. The van der Waals surface area contributed by atoms with Gasteiger partial charge in [0.25, 0.3) is 0 Å². The minimum atomic E-state index is -1.67. The van der Waals surface area contributed by atoms with Gasteiger partial charge in [0, 0.05) is 17.7 Å². The number of aliphatic hydroxyl groups is 1. The molecule has 50 heavy (non-hydrogen) atoms. The molecule has 8 nitrogen and oxygen atoms in total. The van der Waals surface area contributed by atoms with Crippen LogP contribution in [0.1, 0.15) is 110 Å². The summed E-state index contributed by atoms with van der Waals surface area (Å²) >= 11 is 0. The van der Waals surface area contributed by atoms with E-state index in [0.717, 1.165) is 6.42 Å². The number of ketones is 1. The van der Waals surface area contributed by atoms with Gasteiger partial charge in [-0.25, -0.2) is 4.79 Å². The number of hydrogen-bond acceptors (Lipinski definition) is 6. The molecule has 0 aliphatic heterocycles. The van der Waals surface area contributed by atoms with Crippen LogP contribution in [0.2, 0.25) is 0 Å². The zero-order valence-corrected chi connectivity index (χ0v) is 30.0. The lowest BCUT2D eigenvalue weighted by Crippen LogP contribution is -2.52. The molecule has 4 atom stereocenters. The van der Waals surface area contributed by atoms with Crippen molar-refractivity contribution in [2.75, 3.05) is 20.2 Å². The molecule has 1 aliphatic carbocycles. The van der Waals surface area contributed by atoms with E-state index in [0.29, 0.717) is 22.6 Å². The fourth-order valence-corrected chi connectivity index (χ4v) is 7.09. The van der Waals surface area contributed by atoms with Gasteiger partial charge in [0.15, 0.2) is 5.78 Å². The Bertz CT molecular complexity index is 1530. The van der Waals surface area contributed by atoms with Gasteiger partial charge in [-0.1, -0.05) is 144 Å². The van der Waals surface area contributed by atoms with Gasteiger partial charge >= 0.3 is 6.09 Å². The van der Waals surface area contributed by atoms with Gasteiger partial charge in [0.05, 0.1) is 12.1 Å². The molecule has 1 fully saturated rings. The second kappa shape index (κ2) is 19.2. The first-order valence-electron chi connectivity index (χ1n) is 18.3. The zero-order valence-electron chi connectivity index (χ0n) is 30.0. The van der Waals surface area contributed by atoms with E-state index in [-0.39, 0.29) is 42.7 Å². The lowest BCUT2D eigenvalue weighted by molar-refractivity contribution is -0.124.